The lowest BCUT2D eigenvalue weighted by Gasteiger charge is -2.04. The Balaban J connectivity index is 2.23. The fourth-order valence-electron chi connectivity index (χ4n) is 1.53. The van der Waals surface area contributed by atoms with E-state index in [2.05, 4.69) is 29.6 Å². The molecule has 0 saturated heterocycles. The summed E-state index contributed by atoms with van der Waals surface area (Å²) in [6.45, 7) is 0.634. The highest BCUT2D eigenvalue weighted by molar-refractivity contribution is 5.85. The highest BCUT2D eigenvalue weighted by atomic mass is 16.2. The molecule has 0 radical (unpaired) electrons. The molecule has 0 unspecified atom stereocenters. The lowest BCUT2D eigenvalue weighted by atomic mass is 10.1. The van der Waals surface area contributed by atoms with Crippen LogP contribution in [0, 0.1) is 0 Å². The Labute approximate surface area is 88.9 Å². The summed E-state index contributed by atoms with van der Waals surface area (Å²) in [7, 11) is 0. The minimum atomic E-state index is 0.634. The minimum absolute atomic E-state index is 0.634. The zero-order valence-electron chi connectivity index (χ0n) is 8.35. The SMILES string of the molecule is O/C=C/CNc1ccc2ccccc2c1. The van der Waals surface area contributed by atoms with Crippen molar-refractivity contribution in [1.82, 2.24) is 0 Å². The van der Waals surface area contributed by atoms with Crippen molar-refractivity contribution in [3.63, 3.8) is 0 Å². The average molecular weight is 199 g/mol. The Morgan fingerprint density at radius 1 is 1.07 bits per heavy atom. The van der Waals surface area contributed by atoms with Crippen LogP contribution in [0.5, 0.6) is 0 Å². The zero-order chi connectivity index (χ0) is 10.5. The smallest absolute Gasteiger partial charge is 0.0769 e. The standard InChI is InChI=1S/C13H13NO/c15-9-3-8-14-13-7-6-11-4-1-2-5-12(11)10-13/h1-7,9-10,14-15H,8H2/b9-3+. The Morgan fingerprint density at radius 2 is 1.87 bits per heavy atom. The van der Waals surface area contributed by atoms with Gasteiger partial charge in [-0.1, -0.05) is 30.3 Å². The van der Waals surface area contributed by atoms with Crippen LogP contribution in [0.25, 0.3) is 10.8 Å². The highest BCUT2D eigenvalue weighted by Gasteiger charge is 1.93. The van der Waals surface area contributed by atoms with E-state index in [-0.39, 0.29) is 0 Å². The van der Waals surface area contributed by atoms with Crippen molar-refractivity contribution in [2.24, 2.45) is 0 Å². The molecule has 76 valence electrons. The quantitative estimate of drug-likeness (QED) is 0.743. The molecule has 2 N–H and O–H groups in total. The van der Waals surface area contributed by atoms with Crippen LogP contribution in [0.4, 0.5) is 5.69 Å². The van der Waals surface area contributed by atoms with Gasteiger partial charge < -0.3 is 10.4 Å². The van der Waals surface area contributed by atoms with Crippen molar-refractivity contribution >= 4 is 16.5 Å². The molecule has 0 bridgehead atoms. The van der Waals surface area contributed by atoms with E-state index in [4.69, 9.17) is 5.11 Å². The van der Waals surface area contributed by atoms with Crippen LogP contribution in [0.15, 0.2) is 54.8 Å². The maximum absolute atomic E-state index is 8.50. The molecule has 0 aliphatic rings. The number of aliphatic hydroxyl groups is 1. The molecule has 2 aromatic carbocycles. The number of rotatable bonds is 3. The third kappa shape index (κ3) is 2.29. The molecule has 0 amide bonds. The van der Waals surface area contributed by atoms with Crippen molar-refractivity contribution in [2.45, 2.75) is 0 Å². The van der Waals surface area contributed by atoms with E-state index in [1.807, 2.05) is 18.2 Å². The Bertz CT molecular complexity index is 477. The second kappa shape index (κ2) is 4.51. The van der Waals surface area contributed by atoms with E-state index in [0.717, 1.165) is 11.9 Å². The third-order valence-electron chi connectivity index (χ3n) is 2.28. The van der Waals surface area contributed by atoms with Gasteiger partial charge in [0.25, 0.3) is 0 Å². The van der Waals surface area contributed by atoms with Gasteiger partial charge in [0.15, 0.2) is 0 Å². The largest absolute Gasteiger partial charge is 0.516 e. The fraction of sp³-hybridized carbons (Fsp3) is 0.0769. The minimum Gasteiger partial charge on any atom is -0.516 e. The molecule has 0 atom stereocenters. The van der Waals surface area contributed by atoms with E-state index < -0.39 is 0 Å². The molecular weight excluding hydrogens is 186 g/mol. The lowest BCUT2D eigenvalue weighted by Crippen LogP contribution is -1.97. The summed E-state index contributed by atoms with van der Waals surface area (Å²) in [5.74, 6) is 0. The van der Waals surface area contributed by atoms with Crippen molar-refractivity contribution in [1.29, 1.82) is 0 Å². The Morgan fingerprint density at radius 3 is 2.67 bits per heavy atom. The lowest BCUT2D eigenvalue weighted by molar-refractivity contribution is 0.472. The van der Waals surface area contributed by atoms with Gasteiger partial charge >= 0.3 is 0 Å². The number of benzene rings is 2. The zero-order valence-corrected chi connectivity index (χ0v) is 8.35. The van der Waals surface area contributed by atoms with E-state index in [1.165, 1.54) is 10.8 Å². The topological polar surface area (TPSA) is 32.3 Å². The normalized spacial score (nSPS) is 10.9. The van der Waals surface area contributed by atoms with Gasteiger partial charge in [-0.15, -0.1) is 0 Å². The predicted molar refractivity (Wildman–Crippen MR) is 64.2 cm³/mol. The van der Waals surface area contributed by atoms with Gasteiger partial charge in [-0.25, -0.2) is 0 Å². The van der Waals surface area contributed by atoms with Crippen LogP contribution in [0.3, 0.4) is 0 Å². The molecule has 2 aromatic rings. The summed E-state index contributed by atoms with van der Waals surface area (Å²) in [6.07, 6.45) is 2.71. The van der Waals surface area contributed by atoms with Gasteiger partial charge in [0.05, 0.1) is 6.26 Å². The predicted octanol–water partition coefficient (Wildman–Crippen LogP) is 3.32. The maximum Gasteiger partial charge on any atom is 0.0769 e. The first-order chi connectivity index (χ1) is 7.40. The molecule has 0 saturated carbocycles. The second-order valence-electron chi connectivity index (χ2n) is 3.33. The number of hydrogen-bond acceptors (Lipinski definition) is 2. The number of aliphatic hydroxyl groups excluding tert-OH is 1. The number of hydrogen-bond donors (Lipinski definition) is 2. The maximum atomic E-state index is 8.50. The van der Waals surface area contributed by atoms with Crippen molar-refractivity contribution in [2.75, 3.05) is 11.9 Å². The summed E-state index contributed by atoms with van der Waals surface area (Å²) in [4.78, 5) is 0. The number of nitrogens with one attached hydrogen (secondary N) is 1. The van der Waals surface area contributed by atoms with Crippen molar-refractivity contribution in [3.05, 3.63) is 54.8 Å². The van der Waals surface area contributed by atoms with Gasteiger partial charge in [-0.05, 0) is 29.0 Å². The first-order valence-electron chi connectivity index (χ1n) is 4.92. The van der Waals surface area contributed by atoms with E-state index in [1.54, 1.807) is 6.08 Å². The summed E-state index contributed by atoms with van der Waals surface area (Å²) in [5.41, 5.74) is 1.06. The van der Waals surface area contributed by atoms with Crippen LogP contribution in [-0.2, 0) is 0 Å². The molecule has 2 nitrogen and oxygen atoms in total. The molecule has 0 aromatic heterocycles. The van der Waals surface area contributed by atoms with Crippen LogP contribution in [-0.4, -0.2) is 11.7 Å². The Kier molecular flexibility index (Phi) is 2.88. The Hall–Kier alpha value is -1.96. The fourth-order valence-corrected chi connectivity index (χ4v) is 1.53. The van der Waals surface area contributed by atoms with Gasteiger partial charge in [-0.3, -0.25) is 0 Å². The van der Waals surface area contributed by atoms with Crippen LogP contribution in [0.2, 0.25) is 0 Å². The first kappa shape index (κ1) is 9.59. The second-order valence-corrected chi connectivity index (χ2v) is 3.33. The van der Waals surface area contributed by atoms with Gasteiger partial charge in [0.1, 0.15) is 0 Å². The van der Waals surface area contributed by atoms with Crippen molar-refractivity contribution in [3.8, 4) is 0 Å². The molecule has 0 heterocycles. The summed E-state index contributed by atoms with van der Waals surface area (Å²) >= 11 is 0. The molecule has 0 fully saturated rings. The van der Waals surface area contributed by atoms with Crippen LogP contribution >= 0.6 is 0 Å². The average Bonchev–Trinajstić information content (AvgIpc) is 2.29. The van der Waals surface area contributed by atoms with Crippen LogP contribution < -0.4 is 5.32 Å². The molecular formula is C13H13NO. The first-order valence-corrected chi connectivity index (χ1v) is 4.92. The van der Waals surface area contributed by atoms with Crippen molar-refractivity contribution < 1.29 is 5.11 Å². The summed E-state index contributed by atoms with van der Waals surface area (Å²) in [6, 6.07) is 14.5. The summed E-state index contributed by atoms with van der Waals surface area (Å²) < 4.78 is 0. The molecule has 0 aliphatic heterocycles. The molecule has 0 spiro atoms. The van der Waals surface area contributed by atoms with E-state index in [0.29, 0.717) is 6.54 Å². The highest BCUT2D eigenvalue weighted by Crippen LogP contribution is 2.18. The third-order valence-corrected chi connectivity index (χ3v) is 2.28. The van der Waals surface area contributed by atoms with Gasteiger partial charge in [0, 0.05) is 12.2 Å². The number of fused-ring (bicyclic) bond motifs is 1. The van der Waals surface area contributed by atoms with Gasteiger partial charge in [0.2, 0.25) is 0 Å². The van der Waals surface area contributed by atoms with E-state index >= 15 is 0 Å². The van der Waals surface area contributed by atoms with Crippen LogP contribution in [0.1, 0.15) is 0 Å². The van der Waals surface area contributed by atoms with Gasteiger partial charge in [-0.2, -0.15) is 0 Å². The monoisotopic (exact) mass is 199 g/mol. The molecule has 2 rings (SSSR count). The molecule has 0 aliphatic carbocycles. The van der Waals surface area contributed by atoms with E-state index in [9.17, 15) is 0 Å². The molecule has 15 heavy (non-hydrogen) atoms. The number of anilines is 1. The summed E-state index contributed by atoms with van der Waals surface area (Å²) in [5, 5.41) is 14.1. The molecule has 2 heteroatoms.